The van der Waals surface area contributed by atoms with E-state index >= 15 is 0 Å². The number of anilines is 2. The van der Waals surface area contributed by atoms with E-state index in [1.165, 1.54) is 0 Å². The van der Waals surface area contributed by atoms with E-state index in [0.717, 1.165) is 46.6 Å². The van der Waals surface area contributed by atoms with Crippen LogP contribution in [0.15, 0.2) is 59.5 Å². The van der Waals surface area contributed by atoms with Gasteiger partial charge in [-0.3, -0.25) is 9.69 Å². The second kappa shape index (κ2) is 8.50. The Labute approximate surface area is 191 Å². The Hall–Kier alpha value is -3.00. The number of pyridine rings is 1. The predicted molar refractivity (Wildman–Crippen MR) is 128 cm³/mol. The molecule has 0 spiro atoms. The quantitative estimate of drug-likeness (QED) is 0.633. The fraction of sp³-hybridized carbons (Fsp3) is 0.292. The third-order valence-electron chi connectivity index (χ3n) is 6.03. The number of ether oxygens (including phenoxy) is 1. The summed E-state index contributed by atoms with van der Waals surface area (Å²) in [7, 11) is 0. The summed E-state index contributed by atoms with van der Waals surface area (Å²) in [4.78, 5) is 16.9. The lowest BCUT2D eigenvalue weighted by atomic mass is 10.1. The van der Waals surface area contributed by atoms with Crippen LogP contribution in [0.1, 0.15) is 12.5 Å². The van der Waals surface area contributed by atoms with Gasteiger partial charge in [-0.05, 0) is 42.8 Å². The minimum atomic E-state index is -0.901. The molecule has 0 saturated carbocycles. The van der Waals surface area contributed by atoms with Gasteiger partial charge in [0.05, 0.1) is 30.1 Å². The van der Waals surface area contributed by atoms with Crippen molar-refractivity contribution in [2.24, 2.45) is 0 Å². The van der Waals surface area contributed by atoms with E-state index in [9.17, 15) is 9.90 Å². The lowest BCUT2D eigenvalue weighted by Crippen LogP contribution is -2.38. The van der Waals surface area contributed by atoms with Crippen LogP contribution in [0, 0.1) is 0 Å². The number of nitrogens with one attached hydrogen (secondary N) is 1. The Bertz CT molecular complexity index is 1230. The monoisotopic (exact) mass is 452 g/mol. The highest BCUT2D eigenvalue weighted by Gasteiger charge is 2.27. The van der Waals surface area contributed by atoms with Crippen molar-refractivity contribution < 1.29 is 9.84 Å². The molecule has 7 nitrogen and oxygen atoms in total. The maximum atomic E-state index is 12.8. The van der Waals surface area contributed by atoms with E-state index in [4.69, 9.17) is 16.3 Å². The van der Waals surface area contributed by atoms with Gasteiger partial charge in [0.2, 0.25) is 6.35 Å². The van der Waals surface area contributed by atoms with Crippen molar-refractivity contribution in [2.45, 2.75) is 19.8 Å². The van der Waals surface area contributed by atoms with Crippen LogP contribution in [0.2, 0.25) is 5.02 Å². The summed E-state index contributed by atoms with van der Waals surface area (Å²) < 4.78 is 7.28. The molecule has 0 bridgehead atoms. The Morgan fingerprint density at radius 2 is 1.88 bits per heavy atom. The number of halogens is 1. The molecule has 0 aliphatic carbocycles. The smallest absolute Gasteiger partial charge is 0.253 e. The topological polar surface area (TPSA) is 70.0 Å². The molecule has 3 heterocycles. The van der Waals surface area contributed by atoms with Crippen molar-refractivity contribution in [3.05, 3.63) is 75.7 Å². The molecule has 0 radical (unpaired) electrons. The third-order valence-corrected chi connectivity index (χ3v) is 6.28. The molecule has 2 N–H and O–H groups in total. The first kappa shape index (κ1) is 20.9. The van der Waals surface area contributed by atoms with E-state index < -0.39 is 6.35 Å². The number of benzene rings is 2. The normalized spacial score (nSPS) is 18.7. The van der Waals surface area contributed by atoms with E-state index in [-0.39, 0.29) is 5.56 Å². The Morgan fingerprint density at radius 1 is 1.12 bits per heavy atom. The molecule has 3 aromatic rings. The number of aliphatic hydroxyl groups is 1. The van der Waals surface area contributed by atoms with Crippen LogP contribution >= 0.6 is 11.6 Å². The highest BCUT2D eigenvalue weighted by atomic mass is 35.5. The SMILES string of the molecule is CCn1c(=O)cc(N2CCOCC2)c2cc(N3C(c4ccc(Cl)cc4)=CNC3O)ccc21. The van der Waals surface area contributed by atoms with Crippen molar-refractivity contribution in [1.29, 1.82) is 0 Å². The first-order chi connectivity index (χ1) is 15.6. The molecule has 1 atom stereocenters. The fourth-order valence-electron chi connectivity index (χ4n) is 4.45. The molecule has 1 aromatic heterocycles. The average molecular weight is 453 g/mol. The minimum Gasteiger partial charge on any atom is -0.378 e. The summed E-state index contributed by atoms with van der Waals surface area (Å²) in [5.41, 5.74) is 4.36. The number of aliphatic hydroxyl groups excluding tert-OH is 1. The van der Waals surface area contributed by atoms with Gasteiger partial charge in [0.25, 0.3) is 5.56 Å². The molecule has 166 valence electrons. The lowest BCUT2D eigenvalue weighted by Gasteiger charge is -2.31. The second-order valence-corrected chi connectivity index (χ2v) is 8.30. The van der Waals surface area contributed by atoms with Gasteiger partial charge >= 0.3 is 0 Å². The van der Waals surface area contributed by atoms with Gasteiger partial charge in [-0.1, -0.05) is 23.7 Å². The molecule has 1 fully saturated rings. The minimum absolute atomic E-state index is 0.0149. The van der Waals surface area contributed by atoms with E-state index in [0.29, 0.717) is 24.8 Å². The van der Waals surface area contributed by atoms with Crippen LogP contribution in [0.4, 0.5) is 11.4 Å². The number of hydrogen-bond acceptors (Lipinski definition) is 6. The summed E-state index contributed by atoms with van der Waals surface area (Å²) in [5.74, 6) is 0. The number of morpholine rings is 1. The standard InChI is InChI=1S/C24H25ClN4O3/c1-2-28-20-8-7-18(13-19(20)21(14-23(28)30)27-9-11-32-12-10-27)29-22(15-26-24(29)31)16-3-5-17(25)6-4-16/h3-8,13-15,24,26,31H,2,9-12H2,1H3. The largest absolute Gasteiger partial charge is 0.378 e. The molecule has 2 aromatic carbocycles. The number of nitrogens with zero attached hydrogens (tertiary/aromatic N) is 3. The van der Waals surface area contributed by atoms with Crippen molar-refractivity contribution in [1.82, 2.24) is 9.88 Å². The van der Waals surface area contributed by atoms with Crippen molar-refractivity contribution >= 4 is 39.6 Å². The number of aromatic nitrogens is 1. The summed E-state index contributed by atoms with van der Waals surface area (Å²) in [5, 5.41) is 15.3. The van der Waals surface area contributed by atoms with Crippen LogP contribution in [-0.2, 0) is 11.3 Å². The highest BCUT2D eigenvalue weighted by molar-refractivity contribution is 6.30. The molecule has 32 heavy (non-hydrogen) atoms. The van der Waals surface area contributed by atoms with Crippen molar-refractivity contribution in [3.8, 4) is 0 Å². The highest BCUT2D eigenvalue weighted by Crippen LogP contribution is 2.35. The molecule has 0 amide bonds. The van der Waals surface area contributed by atoms with Crippen LogP contribution in [0.25, 0.3) is 16.6 Å². The first-order valence-corrected chi connectivity index (χ1v) is 11.1. The molecule has 5 rings (SSSR count). The number of rotatable bonds is 4. The zero-order valence-electron chi connectivity index (χ0n) is 17.8. The van der Waals surface area contributed by atoms with Crippen LogP contribution in [-0.4, -0.2) is 42.3 Å². The maximum Gasteiger partial charge on any atom is 0.253 e. The van der Waals surface area contributed by atoms with Gasteiger partial charge in [-0.2, -0.15) is 0 Å². The van der Waals surface area contributed by atoms with Gasteiger partial charge in [-0.15, -0.1) is 0 Å². The summed E-state index contributed by atoms with van der Waals surface area (Å²) >= 11 is 6.06. The predicted octanol–water partition coefficient (Wildman–Crippen LogP) is 3.20. The van der Waals surface area contributed by atoms with Gasteiger partial charge in [0.15, 0.2) is 0 Å². The second-order valence-electron chi connectivity index (χ2n) is 7.86. The number of aryl methyl sites for hydroxylation is 1. The van der Waals surface area contributed by atoms with Crippen molar-refractivity contribution in [2.75, 3.05) is 36.1 Å². The first-order valence-electron chi connectivity index (χ1n) is 10.8. The maximum absolute atomic E-state index is 12.8. The Balaban J connectivity index is 1.64. The van der Waals surface area contributed by atoms with Gasteiger partial charge in [0.1, 0.15) is 0 Å². The number of hydrogen-bond donors (Lipinski definition) is 2. The van der Waals surface area contributed by atoms with Crippen molar-refractivity contribution in [3.63, 3.8) is 0 Å². The van der Waals surface area contributed by atoms with Crippen LogP contribution < -0.4 is 20.7 Å². The summed E-state index contributed by atoms with van der Waals surface area (Å²) in [6.07, 6.45) is 0.899. The van der Waals surface area contributed by atoms with E-state index in [1.807, 2.05) is 54.3 Å². The van der Waals surface area contributed by atoms with Crippen LogP contribution in [0.5, 0.6) is 0 Å². The van der Waals surface area contributed by atoms with Gasteiger partial charge in [-0.25, -0.2) is 0 Å². The van der Waals surface area contributed by atoms with Crippen LogP contribution in [0.3, 0.4) is 0 Å². The molecule has 1 saturated heterocycles. The molecule has 8 heteroatoms. The molecular formula is C24H25ClN4O3. The van der Waals surface area contributed by atoms with Gasteiger partial charge < -0.3 is 24.6 Å². The Morgan fingerprint density at radius 3 is 2.59 bits per heavy atom. The number of fused-ring (bicyclic) bond motifs is 1. The fourth-order valence-corrected chi connectivity index (χ4v) is 4.58. The summed E-state index contributed by atoms with van der Waals surface area (Å²) in [6.45, 7) is 5.30. The molecule has 2 aliphatic heterocycles. The third kappa shape index (κ3) is 3.62. The Kier molecular flexibility index (Phi) is 5.55. The zero-order valence-corrected chi connectivity index (χ0v) is 18.5. The lowest BCUT2D eigenvalue weighted by molar-refractivity contribution is 0.123. The molecule has 2 aliphatic rings. The summed E-state index contributed by atoms with van der Waals surface area (Å²) in [6, 6.07) is 15.2. The average Bonchev–Trinajstić information content (AvgIpc) is 3.20. The van der Waals surface area contributed by atoms with Gasteiger partial charge in [0, 0.05) is 48.0 Å². The zero-order chi connectivity index (χ0) is 22.2. The molecule has 1 unspecified atom stereocenters. The molecular weight excluding hydrogens is 428 g/mol. The van der Waals surface area contributed by atoms with E-state index in [2.05, 4.69) is 10.2 Å². The van der Waals surface area contributed by atoms with E-state index in [1.54, 1.807) is 16.8 Å².